The summed E-state index contributed by atoms with van der Waals surface area (Å²) in [4.78, 5) is 14.8. The van der Waals surface area contributed by atoms with Gasteiger partial charge in [0.1, 0.15) is 0 Å². The monoisotopic (exact) mass is 2330 g/mol. The van der Waals surface area contributed by atoms with Crippen molar-refractivity contribution in [3.05, 3.63) is 218 Å². The molecule has 8 aliphatic carbocycles. The molecule has 0 amide bonds. The number of rotatable bonds is 12. The van der Waals surface area contributed by atoms with Gasteiger partial charge >= 0.3 is 0 Å². The minimum absolute atomic E-state index is 0.578. The molecule has 18 aromatic heterocycles. The van der Waals surface area contributed by atoms with E-state index in [2.05, 4.69) is 324 Å². The Kier molecular flexibility index (Phi) is 37.9. The van der Waals surface area contributed by atoms with E-state index in [0.717, 1.165) is 40.9 Å². The molecular weight excluding hydrogens is 2160 g/mol. The first kappa shape index (κ1) is 114. The Bertz CT molecular complexity index is 7580. The van der Waals surface area contributed by atoms with Crippen molar-refractivity contribution in [3.63, 3.8) is 0 Å². The Morgan fingerprint density at radius 2 is 0.493 bits per heavy atom. The first-order valence-corrected chi connectivity index (χ1v) is 72.6. The van der Waals surface area contributed by atoms with E-state index in [1.165, 1.54) is 334 Å². The van der Waals surface area contributed by atoms with Gasteiger partial charge in [-0.25, -0.2) is 0 Å². The van der Waals surface area contributed by atoms with E-state index in [9.17, 15) is 0 Å². The van der Waals surface area contributed by atoms with Crippen LogP contribution in [0, 0.1) is 152 Å². The van der Waals surface area contributed by atoms with Crippen LogP contribution in [0.1, 0.15) is 435 Å². The predicted molar refractivity (Wildman–Crippen MR) is 702 cm³/mol. The minimum atomic E-state index is 0.578. The highest BCUT2D eigenvalue weighted by Crippen LogP contribution is 2.58. The number of hydrogen-bond acceptors (Lipinski definition) is 18. The molecule has 0 atom stereocenters. The standard InChI is InChI=1S/C19H26S2.2C16H22S2.C15H20S2.2C14H18S2.C14H12S2.C13H16S2.C11H14S2/c1-13-12-20-18-14(2)17(21-16(13)18)15-6-10-19(11-7-15)8-4-3-5-9-19;2*1-10-9-17-15-11(2)14(18-13(10)15)12-5-7-16(3,4)8-6-12;1-10-9-16-14-11(2)12(17-13(10)14)8-15(3)6-4-5-7-15;1-9-8-15-14-10(2)12(16-13(9)14)7-11-5-3-4-6-11;2*1-9-8-15-14-10(2)13(16-12(9)14)11-6-4-3-5-7-11;1-8-7-14-13-9(2)12(15-11(8)13)10-5-3-4-6-10;1-4-5-9-8(3)11-10(13-9)7(2)6-12-11/h12,15H,3-11H2,1-2H3;2*9,12H,5-8H2,1-4H3;9H,4-8H2,1-3H3;2*8,11H,3-7H2,1-2H3;3-8H,1-2H3;7,10H,3-6H2,1-2H3;6H,4-5H2,1-3H3. The van der Waals surface area contributed by atoms with E-state index in [1.807, 2.05) is 125 Å². The summed E-state index contributed by atoms with van der Waals surface area (Å²) < 4.78 is 27.7. The highest BCUT2D eigenvalue weighted by Gasteiger charge is 2.40. The first-order chi connectivity index (χ1) is 72.0. The second kappa shape index (κ2) is 49.8. The van der Waals surface area contributed by atoms with Crippen molar-refractivity contribution >= 4 is 289 Å². The molecule has 18 heterocycles. The third kappa shape index (κ3) is 25.2. The van der Waals surface area contributed by atoms with Crippen LogP contribution in [0.5, 0.6) is 0 Å². The van der Waals surface area contributed by atoms with Gasteiger partial charge in [0.25, 0.3) is 0 Å². The maximum Gasteiger partial charge on any atom is 0.0489 e. The summed E-state index contributed by atoms with van der Waals surface area (Å²) in [7, 11) is 0. The molecule has 0 bridgehead atoms. The van der Waals surface area contributed by atoms with Gasteiger partial charge in [0, 0.05) is 128 Å². The lowest BCUT2D eigenvalue weighted by Gasteiger charge is -2.43. The van der Waals surface area contributed by atoms with E-state index in [0.29, 0.717) is 16.2 Å². The third-order valence-electron chi connectivity index (χ3n) is 36.0. The summed E-state index contributed by atoms with van der Waals surface area (Å²) in [6.45, 7) is 55.4. The van der Waals surface area contributed by atoms with Crippen molar-refractivity contribution < 1.29 is 0 Å². The number of thiophene rings is 18. The molecule has 0 N–H and O–H groups in total. The van der Waals surface area contributed by atoms with Crippen LogP contribution in [0.4, 0.5) is 0 Å². The predicted octanol–water partition coefficient (Wildman–Crippen LogP) is 51.4. The average Bonchev–Trinajstić information content (AvgIpc) is 1.62. The van der Waals surface area contributed by atoms with Crippen molar-refractivity contribution in [2.24, 2.45) is 27.6 Å². The summed E-state index contributed by atoms with van der Waals surface area (Å²) in [5.74, 6) is 5.27. The summed E-state index contributed by atoms with van der Waals surface area (Å²) in [5.41, 5.74) is 31.1. The lowest BCUT2D eigenvalue weighted by molar-refractivity contribution is 0.115. The maximum atomic E-state index is 2.49. The molecule has 0 unspecified atom stereocenters. The van der Waals surface area contributed by atoms with Crippen molar-refractivity contribution in [2.75, 3.05) is 0 Å². The van der Waals surface area contributed by atoms with Crippen molar-refractivity contribution in [1.82, 2.24) is 0 Å². The van der Waals surface area contributed by atoms with Gasteiger partial charge in [-0.15, -0.1) is 204 Å². The Hall–Kier alpha value is -3.84. The van der Waals surface area contributed by atoms with E-state index in [4.69, 9.17) is 0 Å². The SMILES string of the molecule is CCCc1sc2c(C)csc2c1C.Cc1csc2c(C)c(-c3ccccc3)sc12.Cc1csc2c(C)c(C3CCC(C)(C)CC3)sc12.Cc1csc2c(C)c(C3CCC(C)(C)CC3)sc12.Cc1csc2c(C)c(C3CCC4(CCCCC4)CC3)sc12.Cc1csc2c(C)c(C3CCCC3)sc12.Cc1csc2c(C)c(C3CCCCC3)sc12.Cc1csc2c(C)c(CC3(C)CCCC3)sc12.Cc1csc2c(C)c(CC3CCCC3)sc12. The second-order valence-electron chi connectivity index (χ2n) is 48.8. The van der Waals surface area contributed by atoms with Crippen LogP contribution >= 0.6 is 204 Å². The molecular formula is C132H168S18. The molecule has 8 aliphatic rings. The van der Waals surface area contributed by atoms with E-state index in [1.54, 1.807) is 144 Å². The zero-order valence-corrected chi connectivity index (χ0v) is 109. The Morgan fingerprint density at radius 1 is 0.233 bits per heavy atom. The van der Waals surface area contributed by atoms with E-state index >= 15 is 0 Å². The Balaban J connectivity index is 0.000000106. The number of benzene rings is 1. The van der Waals surface area contributed by atoms with E-state index in [-0.39, 0.29) is 0 Å². The molecule has 0 radical (unpaired) electrons. The van der Waals surface area contributed by atoms with Crippen molar-refractivity contribution in [2.45, 2.75) is 440 Å². The number of fused-ring (bicyclic) bond motifs is 9. The van der Waals surface area contributed by atoms with Gasteiger partial charge in [-0.1, -0.05) is 168 Å². The fourth-order valence-corrected chi connectivity index (χ4v) is 50.5. The average molecular weight is 2330 g/mol. The van der Waals surface area contributed by atoms with Crippen molar-refractivity contribution in [1.29, 1.82) is 0 Å². The highest BCUT2D eigenvalue weighted by atomic mass is 32.2. The summed E-state index contributed by atoms with van der Waals surface area (Å²) in [6.07, 6.45) is 54.2. The van der Waals surface area contributed by atoms with Crippen LogP contribution in [0.25, 0.3) is 95.0 Å². The quantitative estimate of drug-likeness (QED) is 0.114. The minimum Gasteiger partial charge on any atom is -0.142 e. The fraction of sp³-hybridized carbons (Fsp3) is 0.545. The molecule has 0 nitrogen and oxygen atoms in total. The fourth-order valence-electron chi connectivity index (χ4n) is 26.2. The zero-order chi connectivity index (χ0) is 106. The zero-order valence-electron chi connectivity index (χ0n) is 94.8. The molecule has 18 heteroatoms. The first-order valence-electron chi connectivity index (χ1n) is 57.3. The molecule has 19 aromatic rings. The normalized spacial score (nSPS) is 18.2. The van der Waals surface area contributed by atoms with Crippen LogP contribution in [0.15, 0.2) is 78.8 Å². The second-order valence-corrected chi connectivity index (χ2v) is 66.4. The van der Waals surface area contributed by atoms with Gasteiger partial charge in [-0.05, 0) is 484 Å². The topological polar surface area (TPSA) is 0 Å². The number of aryl methyl sites for hydroxylation is 19. The highest BCUT2D eigenvalue weighted by molar-refractivity contribution is 7.32. The van der Waals surface area contributed by atoms with Gasteiger partial charge in [-0.2, -0.15) is 0 Å². The molecule has 0 saturated heterocycles. The Labute approximate surface area is 973 Å². The molecule has 0 aliphatic heterocycles. The number of hydrogen-bond donors (Lipinski definition) is 0. The van der Waals surface area contributed by atoms with Gasteiger partial charge in [0.05, 0.1) is 0 Å². The summed E-state index contributed by atoms with van der Waals surface area (Å²) >= 11 is 35.7. The van der Waals surface area contributed by atoms with Gasteiger partial charge in [-0.3, -0.25) is 0 Å². The maximum absolute atomic E-state index is 2.49. The van der Waals surface area contributed by atoms with Crippen LogP contribution in [-0.2, 0) is 19.3 Å². The molecule has 1 spiro atoms. The summed E-state index contributed by atoms with van der Waals surface area (Å²) in [5, 5.41) is 20.7. The van der Waals surface area contributed by atoms with Crippen molar-refractivity contribution in [3.8, 4) is 10.4 Å². The largest absolute Gasteiger partial charge is 0.142 e. The van der Waals surface area contributed by atoms with Crippen LogP contribution in [0.2, 0.25) is 0 Å². The van der Waals surface area contributed by atoms with Crippen LogP contribution in [-0.4, -0.2) is 0 Å². The third-order valence-corrected chi connectivity index (χ3v) is 61.9. The van der Waals surface area contributed by atoms with Crippen LogP contribution < -0.4 is 0 Å². The molecule has 8 saturated carbocycles. The lowest BCUT2D eigenvalue weighted by Crippen LogP contribution is -2.29. The summed E-state index contributed by atoms with van der Waals surface area (Å²) in [6, 6.07) is 10.7. The molecule has 1 aromatic carbocycles. The van der Waals surface area contributed by atoms with Gasteiger partial charge in [0.2, 0.25) is 0 Å². The lowest BCUT2D eigenvalue weighted by atomic mass is 9.63. The van der Waals surface area contributed by atoms with E-state index < -0.39 is 0 Å². The van der Waals surface area contributed by atoms with Crippen LogP contribution in [0.3, 0.4) is 0 Å². The smallest absolute Gasteiger partial charge is 0.0489 e. The molecule has 150 heavy (non-hydrogen) atoms. The van der Waals surface area contributed by atoms with Gasteiger partial charge < -0.3 is 0 Å². The molecule has 27 rings (SSSR count). The Morgan fingerprint density at radius 3 is 0.820 bits per heavy atom. The molecule has 804 valence electrons. The van der Waals surface area contributed by atoms with Gasteiger partial charge in [0.15, 0.2) is 0 Å². The molecule has 8 fully saturated rings.